The van der Waals surface area contributed by atoms with Gasteiger partial charge in [0.25, 0.3) is 5.91 Å². The van der Waals surface area contributed by atoms with E-state index < -0.39 is 24.6 Å². The third-order valence-corrected chi connectivity index (χ3v) is 7.35. The number of pyridine rings is 1. The maximum atomic E-state index is 13.2. The smallest absolute Gasteiger partial charge is 0.328 e. The molecule has 7 nitrogen and oxygen atoms in total. The summed E-state index contributed by atoms with van der Waals surface area (Å²) in [5, 5.41) is 4.37. The van der Waals surface area contributed by atoms with Crippen LogP contribution in [-0.2, 0) is 28.0 Å². The molecule has 0 aliphatic heterocycles. The van der Waals surface area contributed by atoms with Crippen molar-refractivity contribution in [1.82, 2.24) is 10.3 Å². The van der Waals surface area contributed by atoms with Crippen LogP contribution in [0, 0.1) is 0 Å². The van der Waals surface area contributed by atoms with Gasteiger partial charge in [-0.2, -0.15) is 0 Å². The van der Waals surface area contributed by atoms with Crippen molar-refractivity contribution < 1.29 is 28.2 Å². The zero-order valence-corrected chi connectivity index (χ0v) is 25.7. The Morgan fingerprint density at radius 2 is 1.31 bits per heavy atom. The lowest BCUT2D eigenvalue weighted by molar-refractivity contribution is -0.142. The number of hydrogen-bond donors (Lipinski definition) is 1. The van der Waals surface area contributed by atoms with Crippen LogP contribution in [-0.4, -0.2) is 30.0 Å². The Bertz CT molecular complexity index is 1780. The monoisotopic (exact) mass is 606 g/mol. The van der Waals surface area contributed by atoms with E-state index in [-0.39, 0.29) is 17.5 Å². The summed E-state index contributed by atoms with van der Waals surface area (Å²) in [5.41, 5.74) is 2.78. The van der Waals surface area contributed by atoms with Gasteiger partial charge in [-0.1, -0.05) is 57.2 Å². The van der Waals surface area contributed by atoms with Crippen molar-refractivity contribution >= 4 is 22.6 Å². The van der Waals surface area contributed by atoms with E-state index in [1.54, 1.807) is 60.8 Å². The summed E-state index contributed by atoms with van der Waals surface area (Å²) in [4.78, 5) is 30.2. The van der Waals surface area contributed by atoms with Gasteiger partial charge in [-0.3, -0.25) is 9.78 Å². The average molecular weight is 607 g/mol. The minimum Gasteiger partial charge on any atom is -0.467 e. The van der Waals surface area contributed by atoms with Gasteiger partial charge in [-0.25, -0.2) is 9.18 Å². The van der Waals surface area contributed by atoms with Gasteiger partial charge in [-0.05, 0) is 88.2 Å². The number of hydrogen-bond acceptors (Lipinski definition) is 6. The van der Waals surface area contributed by atoms with Crippen LogP contribution in [0.4, 0.5) is 4.39 Å². The molecule has 0 fully saturated rings. The van der Waals surface area contributed by atoms with Crippen LogP contribution in [0.15, 0.2) is 103 Å². The molecule has 4 aromatic carbocycles. The number of benzene rings is 4. The summed E-state index contributed by atoms with van der Waals surface area (Å²) in [6.45, 7) is 5.95. The Hall–Kier alpha value is -5.24. The van der Waals surface area contributed by atoms with Gasteiger partial charge < -0.3 is 19.5 Å². The maximum absolute atomic E-state index is 13.2. The standard InChI is InChI=1S/C37H35FN2O5/c1-37(2,3)28-10-17-31(18-11-28)45-32-16-9-26-23-39-33(21-27(26)20-32)35(41)40-34(36(42)43-4)19-24-5-12-29(13-6-24)44-30-14-7-25(22-38)8-15-30/h5-18,20-21,23,34H,19,22H2,1-4H3,(H,40,41)/t34-/m0/s1. The molecule has 230 valence electrons. The van der Waals surface area contributed by atoms with Crippen molar-refractivity contribution in [2.24, 2.45) is 0 Å². The lowest BCUT2D eigenvalue weighted by Crippen LogP contribution is -2.43. The number of carbonyl (C=O) groups is 2. The summed E-state index contributed by atoms with van der Waals surface area (Å²) < 4.78 is 29.6. The number of nitrogens with zero attached hydrogens (tertiary/aromatic N) is 1. The summed E-state index contributed by atoms with van der Waals surface area (Å²) in [7, 11) is 1.28. The molecule has 8 heteroatoms. The predicted molar refractivity (Wildman–Crippen MR) is 172 cm³/mol. The van der Waals surface area contributed by atoms with E-state index in [1.165, 1.54) is 12.7 Å². The molecule has 45 heavy (non-hydrogen) atoms. The predicted octanol–water partition coefficient (Wildman–Crippen LogP) is 8.10. The molecule has 0 saturated heterocycles. The van der Waals surface area contributed by atoms with Gasteiger partial charge in [0.2, 0.25) is 0 Å². The molecule has 1 aromatic heterocycles. The number of nitrogens with one attached hydrogen (secondary N) is 1. The molecule has 1 amide bonds. The van der Waals surface area contributed by atoms with Crippen LogP contribution in [0.5, 0.6) is 23.0 Å². The van der Waals surface area contributed by atoms with E-state index in [0.29, 0.717) is 28.6 Å². The van der Waals surface area contributed by atoms with Gasteiger partial charge in [0.05, 0.1) is 7.11 Å². The molecule has 0 bridgehead atoms. The summed E-state index contributed by atoms with van der Waals surface area (Å²) in [5.74, 6) is 1.41. The lowest BCUT2D eigenvalue weighted by atomic mass is 9.87. The van der Waals surface area contributed by atoms with Crippen LogP contribution in [0.25, 0.3) is 10.8 Å². The average Bonchev–Trinajstić information content (AvgIpc) is 3.04. The number of amides is 1. The number of methoxy groups -OCH3 is 1. The number of alkyl halides is 1. The fourth-order valence-electron chi connectivity index (χ4n) is 4.75. The first-order valence-corrected chi connectivity index (χ1v) is 14.6. The minimum absolute atomic E-state index is 0.0462. The second kappa shape index (κ2) is 13.6. The van der Waals surface area contributed by atoms with Crippen LogP contribution in [0.2, 0.25) is 0 Å². The molecule has 5 rings (SSSR count). The fourth-order valence-corrected chi connectivity index (χ4v) is 4.75. The number of carbonyl (C=O) groups excluding carboxylic acids is 2. The molecule has 0 aliphatic carbocycles. The van der Waals surface area contributed by atoms with Gasteiger partial charge in [0.15, 0.2) is 0 Å². The topological polar surface area (TPSA) is 86.8 Å². The maximum Gasteiger partial charge on any atom is 0.328 e. The first-order valence-electron chi connectivity index (χ1n) is 14.6. The molecule has 1 heterocycles. The van der Waals surface area contributed by atoms with Crippen LogP contribution in [0.1, 0.15) is 48.0 Å². The van der Waals surface area contributed by atoms with Crippen molar-refractivity contribution in [2.45, 2.75) is 45.3 Å². The first kappa shape index (κ1) is 31.2. The molecule has 0 unspecified atom stereocenters. The molecule has 0 radical (unpaired) electrons. The summed E-state index contributed by atoms with van der Waals surface area (Å²) >= 11 is 0. The van der Waals surface area contributed by atoms with Crippen molar-refractivity contribution in [3.63, 3.8) is 0 Å². The number of halogens is 1. The van der Waals surface area contributed by atoms with Crippen LogP contribution >= 0.6 is 0 Å². The Kier molecular flexibility index (Phi) is 9.42. The highest BCUT2D eigenvalue weighted by atomic mass is 19.1. The van der Waals surface area contributed by atoms with E-state index in [9.17, 15) is 14.0 Å². The lowest BCUT2D eigenvalue weighted by Gasteiger charge is -2.19. The van der Waals surface area contributed by atoms with E-state index in [1.807, 2.05) is 30.3 Å². The van der Waals surface area contributed by atoms with Crippen LogP contribution in [0.3, 0.4) is 0 Å². The SMILES string of the molecule is COC(=O)[C@H](Cc1ccc(Oc2ccc(CF)cc2)cc1)NC(=O)c1cc2cc(Oc3ccc(C(C)(C)C)cc3)ccc2cn1. The Labute approximate surface area is 262 Å². The largest absolute Gasteiger partial charge is 0.467 e. The van der Waals surface area contributed by atoms with E-state index in [2.05, 4.69) is 43.2 Å². The van der Waals surface area contributed by atoms with Crippen LogP contribution < -0.4 is 14.8 Å². The molecule has 1 atom stereocenters. The highest BCUT2D eigenvalue weighted by Gasteiger charge is 2.23. The summed E-state index contributed by atoms with van der Waals surface area (Å²) in [6.07, 6.45) is 1.81. The number of rotatable bonds is 10. The van der Waals surface area contributed by atoms with Crippen molar-refractivity contribution in [2.75, 3.05) is 7.11 Å². The highest BCUT2D eigenvalue weighted by molar-refractivity contribution is 5.98. The Balaban J connectivity index is 1.26. The van der Waals surface area contributed by atoms with E-state index in [4.69, 9.17) is 14.2 Å². The molecule has 5 aromatic rings. The third kappa shape index (κ3) is 8.03. The molecule has 0 saturated carbocycles. The number of ether oxygens (including phenoxy) is 3. The van der Waals surface area contributed by atoms with Crippen molar-refractivity contribution in [1.29, 1.82) is 0 Å². The molecule has 0 aliphatic rings. The van der Waals surface area contributed by atoms with E-state index >= 15 is 0 Å². The van der Waals surface area contributed by atoms with Crippen molar-refractivity contribution in [3.05, 3.63) is 126 Å². The zero-order chi connectivity index (χ0) is 32.0. The Morgan fingerprint density at radius 1 is 0.756 bits per heavy atom. The van der Waals surface area contributed by atoms with Crippen molar-refractivity contribution in [3.8, 4) is 23.0 Å². The quantitative estimate of drug-likeness (QED) is 0.162. The second-order valence-electron chi connectivity index (χ2n) is 11.7. The molecule has 1 N–H and O–H groups in total. The van der Waals surface area contributed by atoms with Gasteiger partial charge >= 0.3 is 5.97 Å². The summed E-state index contributed by atoms with van der Waals surface area (Å²) in [6, 6.07) is 28.2. The van der Waals surface area contributed by atoms with Gasteiger partial charge in [-0.15, -0.1) is 0 Å². The fraction of sp³-hybridized carbons (Fsp3) is 0.216. The Morgan fingerprint density at radius 3 is 1.89 bits per heavy atom. The third-order valence-electron chi connectivity index (χ3n) is 7.35. The van der Waals surface area contributed by atoms with Gasteiger partial charge in [0.1, 0.15) is 41.4 Å². The normalized spacial score (nSPS) is 11.9. The number of fused-ring (bicyclic) bond motifs is 1. The highest BCUT2D eigenvalue weighted by Crippen LogP contribution is 2.29. The number of esters is 1. The zero-order valence-electron chi connectivity index (χ0n) is 25.7. The number of aromatic nitrogens is 1. The molecular formula is C37H35FN2O5. The molecular weight excluding hydrogens is 571 g/mol. The van der Waals surface area contributed by atoms with E-state index in [0.717, 1.165) is 16.3 Å². The first-order chi connectivity index (χ1) is 21.6. The second-order valence-corrected chi connectivity index (χ2v) is 11.7. The van der Waals surface area contributed by atoms with Gasteiger partial charge in [0, 0.05) is 18.0 Å². The minimum atomic E-state index is -0.939. The molecule has 0 spiro atoms.